The van der Waals surface area contributed by atoms with E-state index < -0.39 is 12.2 Å². The zero-order valence-corrected chi connectivity index (χ0v) is 11.0. The van der Waals surface area contributed by atoms with Crippen molar-refractivity contribution in [3.05, 3.63) is 35.9 Å². The molecule has 1 aliphatic heterocycles. The SMILES string of the molecule is CCOC(=O)ON1[C@@H](c2ccccc2)CC(=O)[C@@H]1C. The Hall–Kier alpha value is -1.88. The standard InChI is InChI=1S/C14H17NO4/c1-3-18-14(17)19-15-10(2)13(16)9-12(15)11-7-5-4-6-8-11/h4-8,10,12H,3,9H2,1-2H3/t10-,12+/m0/s1. The molecule has 1 aliphatic rings. The quantitative estimate of drug-likeness (QED) is 0.784. The van der Waals surface area contributed by atoms with Crippen molar-refractivity contribution in [2.75, 3.05) is 6.61 Å². The van der Waals surface area contributed by atoms with Crippen molar-refractivity contribution in [3.63, 3.8) is 0 Å². The van der Waals surface area contributed by atoms with Crippen molar-refractivity contribution in [3.8, 4) is 0 Å². The molecule has 0 unspecified atom stereocenters. The lowest BCUT2D eigenvalue weighted by Crippen LogP contribution is -2.34. The average Bonchev–Trinajstić information content (AvgIpc) is 2.68. The van der Waals surface area contributed by atoms with Gasteiger partial charge in [-0.05, 0) is 19.4 Å². The van der Waals surface area contributed by atoms with E-state index in [9.17, 15) is 9.59 Å². The van der Waals surface area contributed by atoms with E-state index in [1.807, 2.05) is 30.3 Å². The van der Waals surface area contributed by atoms with Crippen molar-refractivity contribution in [2.24, 2.45) is 0 Å². The van der Waals surface area contributed by atoms with Gasteiger partial charge in [0.05, 0.1) is 12.6 Å². The van der Waals surface area contributed by atoms with Crippen LogP contribution in [0.5, 0.6) is 0 Å². The Morgan fingerprint density at radius 2 is 2.05 bits per heavy atom. The van der Waals surface area contributed by atoms with Gasteiger partial charge in [0.15, 0.2) is 5.78 Å². The van der Waals surface area contributed by atoms with E-state index in [4.69, 9.17) is 9.57 Å². The number of Topliss-reactive ketones (excluding diaryl/α,β-unsaturated/α-hetero) is 1. The van der Waals surface area contributed by atoms with Crippen LogP contribution in [0.4, 0.5) is 4.79 Å². The first-order valence-electron chi connectivity index (χ1n) is 6.34. The van der Waals surface area contributed by atoms with E-state index in [1.165, 1.54) is 5.06 Å². The average molecular weight is 263 g/mol. The summed E-state index contributed by atoms with van der Waals surface area (Å²) in [4.78, 5) is 28.4. The number of rotatable bonds is 3. The summed E-state index contributed by atoms with van der Waals surface area (Å²) in [6.07, 6.45) is -0.435. The number of carbonyl (C=O) groups excluding carboxylic acids is 2. The fourth-order valence-electron chi connectivity index (χ4n) is 2.18. The molecule has 0 bridgehead atoms. The summed E-state index contributed by atoms with van der Waals surface area (Å²) in [5.74, 6) is 0.0538. The van der Waals surface area contributed by atoms with Crippen molar-refractivity contribution in [1.29, 1.82) is 0 Å². The summed E-state index contributed by atoms with van der Waals surface area (Å²) in [6, 6.07) is 8.83. The molecule has 0 aromatic heterocycles. The normalized spacial score (nSPS) is 23.4. The summed E-state index contributed by atoms with van der Waals surface area (Å²) in [6.45, 7) is 3.67. The van der Waals surface area contributed by atoms with Crippen molar-refractivity contribution in [2.45, 2.75) is 32.4 Å². The highest BCUT2D eigenvalue weighted by Crippen LogP contribution is 2.34. The highest BCUT2D eigenvalue weighted by molar-refractivity contribution is 5.86. The topological polar surface area (TPSA) is 55.8 Å². The highest BCUT2D eigenvalue weighted by atomic mass is 16.8. The molecule has 102 valence electrons. The minimum Gasteiger partial charge on any atom is -0.433 e. The van der Waals surface area contributed by atoms with E-state index in [2.05, 4.69) is 0 Å². The van der Waals surface area contributed by atoms with Crippen LogP contribution >= 0.6 is 0 Å². The zero-order valence-electron chi connectivity index (χ0n) is 11.0. The fourth-order valence-corrected chi connectivity index (χ4v) is 2.18. The van der Waals surface area contributed by atoms with Gasteiger partial charge in [-0.3, -0.25) is 4.79 Å². The van der Waals surface area contributed by atoms with Crippen LogP contribution < -0.4 is 0 Å². The van der Waals surface area contributed by atoms with E-state index in [0.29, 0.717) is 6.42 Å². The van der Waals surface area contributed by atoms with Gasteiger partial charge in [0.1, 0.15) is 6.04 Å². The molecule has 19 heavy (non-hydrogen) atoms. The smallest absolute Gasteiger partial charge is 0.433 e. The lowest BCUT2D eigenvalue weighted by atomic mass is 10.1. The molecule has 0 amide bonds. The van der Waals surface area contributed by atoms with E-state index in [0.717, 1.165) is 5.56 Å². The predicted octanol–water partition coefficient (Wildman–Crippen LogP) is 2.48. The van der Waals surface area contributed by atoms with Gasteiger partial charge < -0.3 is 9.57 Å². The number of carbonyl (C=O) groups is 2. The number of hydrogen-bond acceptors (Lipinski definition) is 5. The van der Waals surface area contributed by atoms with Crippen LogP contribution in [0.1, 0.15) is 31.9 Å². The summed E-state index contributed by atoms with van der Waals surface area (Å²) < 4.78 is 4.76. The molecule has 1 saturated heterocycles. The molecule has 1 fully saturated rings. The number of benzene rings is 1. The zero-order chi connectivity index (χ0) is 13.8. The Morgan fingerprint density at radius 1 is 1.37 bits per heavy atom. The number of hydroxylamine groups is 2. The van der Waals surface area contributed by atoms with Crippen LogP contribution in [0.15, 0.2) is 30.3 Å². The van der Waals surface area contributed by atoms with Gasteiger partial charge in [0, 0.05) is 6.42 Å². The third kappa shape index (κ3) is 2.93. The Kier molecular flexibility index (Phi) is 4.16. The van der Waals surface area contributed by atoms with Gasteiger partial charge in [0.25, 0.3) is 0 Å². The van der Waals surface area contributed by atoms with Crippen LogP contribution in [0, 0.1) is 0 Å². The molecule has 2 rings (SSSR count). The molecule has 0 spiro atoms. The molecule has 5 nitrogen and oxygen atoms in total. The van der Waals surface area contributed by atoms with Gasteiger partial charge in [-0.1, -0.05) is 30.3 Å². The second-order valence-electron chi connectivity index (χ2n) is 4.41. The number of ether oxygens (including phenoxy) is 1. The van der Waals surface area contributed by atoms with Crippen LogP contribution in [-0.4, -0.2) is 29.7 Å². The molecule has 0 N–H and O–H groups in total. The summed E-state index contributed by atoms with van der Waals surface area (Å²) in [5, 5.41) is 1.43. The van der Waals surface area contributed by atoms with Crippen molar-refractivity contribution >= 4 is 11.9 Å². The largest absolute Gasteiger partial charge is 0.527 e. The number of ketones is 1. The second-order valence-corrected chi connectivity index (χ2v) is 4.41. The fraction of sp³-hybridized carbons (Fsp3) is 0.429. The minimum atomic E-state index is -0.773. The molecule has 0 radical (unpaired) electrons. The molecule has 0 saturated carbocycles. The summed E-state index contributed by atoms with van der Waals surface area (Å²) in [5.41, 5.74) is 0.949. The monoisotopic (exact) mass is 263 g/mol. The lowest BCUT2D eigenvalue weighted by Gasteiger charge is -2.25. The van der Waals surface area contributed by atoms with Gasteiger partial charge in [0.2, 0.25) is 0 Å². The molecule has 1 aromatic rings. The summed E-state index contributed by atoms with van der Waals surface area (Å²) >= 11 is 0. The lowest BCUT2D eigenvalue weighted by molar-refractivity contribution is -0.161. The Bertz CT molecular complexity index is 460. The molecule has 2 atom stereocenters. The molecule has 1 heterocycles. The highest BCUT2D eigenvalue weighted by Gasteiger charge is 2.41. The van der Waals surface area contributed by atoms with Crippen LogP contribution in [0.2, 0.25) is 0 Å². The summed E-state index contributed by atoms with van der Waals surface area (Å²) in [7, 11) is 0. The van der Waals surface area contributed by atoms with Crippen molar-refractivity contribution in [1.82, 2.24) is 5.06 Å². The number of nitrogens with zero attached hydrogens (tertiary/aromatic N) is 1. The molecular weight excluding hydrogens is 246 g/mol. The van der Waals surface area contributed by atoms with Crippen molar-refractivity contribution < 1.29 is 19.2 Å². The molecule has 0 aliphatic carbocycles. The number of hydrogen-bond donors (Lipinski definition) is 0. The van der Waals surface area contributed by atoms with Crippen LogP contribution in [0.25, 0.3) is 0 Å². The first kappa shape index (κ1) is 13.5. The minimum absolute atomic E-state index is 0.0538. The first-order valence-corrected chi connectivity index (χ1v) is 6.34. The van der Waals surface area contributed by atoms with E-state index in [1.54, 1.807) is 13.8 Å². The maximum atomic E-state index is 11.8. The predicted molar refractivity (Wildman–Crippen MR) is 68.2 cm³/mol. The van der Waals surface area contributed by atoms with Crippen LogP contribution in [0.3, 0.4) is 0 Å². The molecule has 5 heteroatoms. The Balaban J connectivity index is 2.17. The Morgan fingerprint density at radius 3 is 2.68 bits per heavy atom. The Labute approximate surface area is 112 Å². The van der Waals surface area contributed by atoms with Gasteiger partial charge in [-0.25, -0.2) is 4.79 Å². The first-order chi connectivity index (χ1) is 9.13. The maximum absolute atomic E-state index is 11.8. The van der Waals surface area contributed by atoms with Crippen LogP contribution in [-0.2, 0) is 14.4 Å². The molecule has 1 aromatic carbocycles. The second kappa shape index (κ2) is 5.84. The van der Waals surface area contributed by atoms with Gasteiger partial charge in [-0.2, -0.15) is 0 Å². The third-order valence-electron chi connectivity index (χ3n) is 3.18. The van der Waals surface area contributed by atoms with Gasteiger partial charge in [-0.15, -0.1) is 5.06 Å². The van der Waals surface area contributed by atoms with E-state index in [-0.39, 0.29) is 18.4 Å². The molecular formula is C14H17NO4. The van der Waals surface area contributed by atoms with E-state index >= 15 is 0 Å². The third-order valence-corrected chi connectivity index (χ3v) is 3.18. The van der Waals surface area contributed by atoms with Gasteiger partial charge >= 0.3 is 6.16 Å². The maximum Gasteiger partial charge on any atom is 0.527 e.